The minimum absolute atomic E-state index is 0.137. The Morgan fingerprint density at radius 3 is 2.54 bits per heavy atom. The summed E-state index contributed by atoms with van der Waals surface area (Å²) >= 11 is 0. The number of nitrogens with zero attached hydrogens (tertiary/aromatic N) is 2. The molecule has 1 aromatic carbocycles. The van der Waals surface area contributed by atoms with E-state index in [-0.39, 0.29) is 12.4 Å². The van der Waals surface area contributed by atoms with Crippen LogP contribution in [0, 0.1) is 0 Å². The van der Waals surface area contributed by atoms with Crippen molar-refractivity contribution in [3.63, 3.8) is 0 Å². The molecule has 0 radical (unpaired) electrons. The van der Waals surface area contributed by atoms with Gasteiger partial charge in [0.05, 0.1) is 36.9 Å². The summed E-state index contributed by atoms with van der Waals surface area (Å²) in [7, 11) is 1.77. The largest absolute Gasteiger partial charge is 0.465 e. The molecule has 2 heterocycles. The van der Waals surface area contributed by atoms with Gasteiger partial charge >= 0.3 is 11.7 Å². The van der Waals surface area contributed by atoms with Gasteiger partial charge in [-0.2, -0.15) is 0 Å². The van der Waals surface area contributed by atoms with Gasteiger partial charge in [-0.05, 0) is 18.2 Å². The molecule has 8 nitrogen and oxygen atoms in total. The molecule has 1 fully saturated rings. The Hall–Kier alpha value is -1.94. The lowest BCUT2D eigenvalue weighted by atomic mass is 10.1. The predicted octanol–water partition coefficient (Wildman–Crippen LogP) is 2.48. The van der Waals surface area contributed by atoms with E-state index in [1.165, 1.54) is 11.7 Å². The van der Waals surface area contributed by atoms with Gasteiger partial charge < -0.3 is 18.9 Å². The van der Waals surface area contributed by atoms with E-state index in [2.05, 4.69) is 19.6 Å². The number of hydrogen-bond donors (Lipinski definition) is 0. The molecule has 0 spiro atoms. The van der Waals surface area contributed by atoms with Crippen molar-refractivity contribution in [3.8, 4) is 0 Å². The molecule has 0 atom stereocenters. The molecule has 9 heteroatoms. The number of fused-ring (bicyclic) bond motifs is 1. The van der Waals surface area contributed by atoms with Crippen molar-refractivity contribution in [2.45, 2.75) is 38.7 Å². The van der Waals surface area contributed by atoms with Gasteiger partial charge in [0.25, 0.3) is 0 Å². The second-order valence-corrected chi connectivity index (χ2v) is 13.7. The summed E-state index contributed by atoms with van der Waals surface area (Å²) in [4.78, 5) is 25.0. The first kappa shape index (κ1) is 20.8. The van der Waals surface area contributed by atoms with Crippen LogP contribution in [0.5, 0.6) is 0 Å². The normalized spacial score (nSPS) is 15.5. The van der Waals surface area contributed by atoms with Crippen molar-refractivity contribution in [2.75, 3.05) is 26.9 Å². The Kier molecular flexibility index (Phi) is 6.09. The smallest absolute Gasteiger partial charge is 0.337 e. The molecule has 0 amide bonds. The van der Waals surface area contributed by atoms with E-state index in [9.17, 15) is 9.59 Å². The molecule has 1 aromatic heterocycles. The third kappa shape index (κ3) is 4.22. The molecule has 3 rings (SSSR count). The maximum Gasteiger partial charge on any atom is 0.337 e. The zero-order valence-corrected chi connectivity index (χ0v) is 18.1. The van der Waals surface area contributed by atoms with Crippen LogP contribution < -0.4 is 5.69 Å². The lowest BCUT2D eigenvalue weighted by molar-refractivity contribution is -0.0434. The summed E-state index contributed by atoms with van der Waals surface area (Å²) in [6.07, 6.45) is -0.637. The number of hydrogen-bond acceptors (Lipinski definition) is 6. The highest BCUT2D eigenvalue weighted by molar-refractivity contribution is 6.76. The van der Waals surface area contributed by atoms with E-state index in [0.29, 0.717) is 42.0 Å². The van der Waals surface area contributed by atoms with Crippen LogP contribution in [-0.2, 0) is 32.7 Å². The van der Waals surface area contributed by atoms with Gasteiger partial charge in [0.2, 0.25) is 0 Å². The SMILES string of the molecule is COC(=O)c1cc(C2OCCO2)c2c(c1)n(C)c(=O)n2COCC[Si](C)(C)C. The fourth-order valence-corrected chi connectivity index (χ4v) is 3.93. The average Bonchev–Trinajstić information content (AvgIpc) is 3.26. The number of carbonyl (C=O) groups excluding carboxylic acids is 1. The number of benzene rings is 1. The van der Waals surface area contributed by atoms with Crippen LogP contribution in [0.15, 0.2) is 16.9 Å². The zero-order valence-electron chi connectivity index (χ0n) is 17.1. The highest BCUT2D eigenvalue weighted by Crippen LogP contribution is 2.31. The minimum Gasteiger partial charge on any atom is -0.465 e. The number of esters is 1. The van der Waals surface area contributed by atoms with E-state index < -0.39 is 20.3 Å². The maximum atomic E-state index is 12.9. The molecule has 154 valence electrons. The molecular weight excluding hydrogens is 380 g/mol. The van der Waals surface area contributed by atoms with Gasteiger partial charge in [0.15, 0.2) is 6.29 Å². The number of aryl methyl sites for hydroxylation is 1. The van der Waals surface area contributed by atoms with Crippen LogP contribution >= 0.6 is 0 Å². The van der Waals surface area contributed by atoms with Gasteiger partial charge in [0, 0.05) is 27.3 Å². The predicted molar refractivity (Wildman–Crippen MR) is 107 cm³/mol. The molecule has 0 aliphatic carbocycles. The first-order valence-electron chi connectivity index (χ1n) is 9.35. The second kappa shape index (κ2) is 8.20. The van der Waals surface area contributed by atoms with E-state index in [1.54, 1.807) is 23.7 Å². The average molecular weight is 409 g/mol. The fourth-order valence-electron chi connectivity index (χ4n) is 3.18. The number of rotatable bonds is 7. The Morgan fingerprint density at radius 1 is 1.25 bits per heavy atom. The third-order valence-electron chi connectivity index (χ3n) is 4.78. The number of aromatic nitrogens is 2. The van der Waals surface area contributed by atoms with Crippen molar-refractivity contribution in [1.82, 2.24) is 9.13 Å². The molecule has 0 N–H and O–H groups in total. The molecule has 1 saturated heterocycles. The van der Waals surface area contributed by atoms with Crippen LogP contribution in [0.4, 0.5) is 0 Å². The van der Waals surface area contributed by atoms with Gasteiger partial charge in [0.1, 0.15) is 6.73 Å². The zero-order chi connectivity index (χ0) is 20.5. The van der Waals surface area contributed by atoms with Gasteiger partial charge in [-0.25, -0.2) is 9.59 Å². The Balaban J connectivity index is 2.04. The summed E-state index contributed by atoms with van der Waals surface area (Å²) < 4.78 is 25.1. The quantitative estimate of drug-likeness (QED) is 0.398. The molecule has 1 aliphatic heterocycles. The van der Waals surface area contributed by atoms with Crippen LogP contribution in [0.2, 0.25) is 25.7 Å². The Labute approximate surface area is 164 Å². The van der Waals surface area contributed by atoms with E-state index in [4.69, 9.17) is 18.9 Å². The van der Waals surface area contributed by atoms with Gasteiger partial charge in [-0.3, -0.25) is 9.13 Å². The van der Waals surface area contributed by atoms with Gasteiger partial charge in [-0.15, -0.1) is 0 Å². The summed E-state index contributed by atoms with van der Waals surface area (Å²) in [5, 5.41) is 0. The van der Waals surface area contributed by atoms with Crippen LogP contribution in [0.1, 0.15) is 22.2 Å². The lowest BCUT2D eigenvalue weighted by Gasteiger charge is -2.17. The topological polar surface area (TPSA) is 80.9 Å². The monoisotopic (exact) mass is 408 g/mol. The minimum atomic E-state index is -1.22. The van der Waals surface area contributed by atoms with Crippen molar-refractivity contribution < 1.29 is 23.7 Å². The number of methoxy groups -OCH3 is 1. The number of imidazole rings is 1. The van der Waals surface area contributed by atoms with Crippen LogP contribution in [-0.4, -0.2) is 50.1 Å². The molecule has 0 saturated carbocycles. The van der Waals surface area contributed by atoms with E-state index >= 15 is 0 Å². The van der Waals surface area contributed by atoms with Crippen LogP contribution in [0.3, 0.4) is 0 Å². The van der Waals surface area contributed by atoms with Crippen molar-refractivity contribution >= 4 is 25.1 Å². The molecule has 1 aliphatic rings. The molecule has 0 unspecified atom stereocenters. The maximum absolute atomic E-state index is 12.9. The number of carbonyl (C=O) groups is 1. The first-order chi connectivity index (χ1) is 13.2. The summed E-state index contributed by atoms with van der Waals surface area (Å²) in [5.41, 5.74) is 2.01. The van der Waals surface area contributed by atoms with Crippen molar-refractivity contribution in [1.29, 1.82) is 0 Å². The Morgan fingerprint density at radius 2 is 1.93 bits per heavy atom. The highest BCUT2D eigenvalue weighted by Gasteiger charge is 2.27. The third-order valence-corrected chi connectivity index (χ3v) is 6.49. The summed E-state index contributed by atoms with van der Waals surface area (Å²) in [5.74, 6) is -0.479. The molecule has 2 aromatic rings. The summed E-state index contributed by atoms with van der Waals surface area (Å²) in [6.45, 7) is 8.49. The van der Waals surface area contributed by atoms with Gasteiger partial charge in [-0.1, -0.05) is 19.6 Å². The van der Waals surface area contributed by atoms with Crippen molar-refractivity contribution in [3.05, 3.63) is 33.7 Å². The lowest BCUT2D eigenvalue weighted by Crippen LogP contribution is -2.26. The number of ether oxygens (including phenoxy) is 4. The molecule has 28 heavy (non-hydrogen) atoms. The van der Waals surface area contributed by atoms with Crippen LogP contribution in [0.25, 0.3) is 11.0 Å². The van der Waals surface area contributed by atoms with E-state index in [1.807, 2.05) is 0 Å². The first-order valence-corrected chi connectivity index (χ1v) is 13.1. The molecule has 0 bridgehead atoms. The summed E-state index contributed by atoms with van der Waals surface area (Å²) in [6, 6.07) is 4.34. The Bertz CT molecular complexity index is 921. The van der Waals surface area contributed by atoms with E-state index in [0.717, 1.165) is 6.04 Å². The highest BCUT2D eigenvalue weighted by atomic mass is 28.3. The van der Waals surface area contributed by atoms with Crippen molar-refractivity contribution in [2.24, 2.45) is 7.05 Å². The molecular formula is C19H28N2O6Si. The standard InChI is InChI=1S/C19H28N2O6Si/c1-20-15-11-13(17(22)24-2)10-14(18-26-6-7-27-18)16(15)21(19(20)23)12-25-8-9-28(3,4)5/h10-11,18H,6-9,12H2,1-5H3. The fraction of sp³-hybridized carbons (Fsp3) is 0.579. The second-order valence-electron chi connectivity index (χ2n) is 8.12.